The van der Waals surface area contributed by atoms with E-state index < -0.39 is 0 Å². The highest BCUT2D eigenvalue weighted by Crippen LogP contribution is 2.26. The van der Waals surface area contributed by atoms with Crippen LogP contribution in [0.3, 0.4) is 0 Å². The maximum atomic E-state index is 9.86. The molecule has 0 saturated heterocycles. The van der Waals surface area contributed by atoms with E-state index in [-0.39, 0.29) is 18.2 Å². The second-order valence-corrected chi connectivity index (χ2v) is 4.99. The fourth-order valence-electron chi connectivity index (χ4n) is 2.33. The maximum absolute atomic E-state index is 9.86. The van der Waals surface area contributed by atoms with E-state index in [0.29, 0.717) is 12.3 Å². The van der Waals surface area contributed by atoms with Gasteiger partial charge in [-0.05, 0) is 23.3 Å². The van der Waals surface area contributed by atoms with Gasteiger partial charge < -0.3 is 15.6 Å². The number of benzene rings is 2. The Hall–Kier alpha value is -1.75. The van der Waals surface area contributed by atoms with E-state index in [2.05, 4.69) is 17.0 Å². The zero-order valence-corrected chi connectivity index (χ0v) is 13.6. The van der Waals surface area contributed by atoms with Crippen LogP contribution in [0.5, 0.6) is 11.5 Å². The third-order valence-corrected chi connectivity index (χ3v) is 3.34. The Morgan fingerprint density at radius 2 is 1.73 bits per heavy atom. The van der Waals surface area contributed by atoms with Gasteiger partial charge in [0.2, 0.25) is 0 Å². The fraction of sp³-hybridized carbons (Fsp3) is 0.294. The second kappa shape index (κ2) is 9.30. The van der Waals surface area contributed by atoms with Crippen molar-refractivity contribution in [1.82, 2.24) is 4.90 Å². The van der Waals surface area contributed by atoms with Crippen molar-refractivity contribution < 1.29 is 9.84 Å². The maximum Gasteiger partial charge on any atom is 0.160 e. The molecule has 2 rings (SSSR count). The molecule has 22 heavy (non-hydrogen) atoms. The van der Waals surface area contributed by atoms with E-state index in [4.69, 9.17) is 10.5 Å². The zero-order chi connectivity index (χ0) is 15.1. The molecule has 2 aromatic rings. The van der Waals surface area contributed by atoms with Crippen LogP contribution in [-0.2, 0) is 13.1 Å². The number of aromatic hydroxyl groups is 1. The highest BCUT2D eigenvalue weighted by molar-refractivity contribution is 5.85. The number of nitrogens with zero attached hydrogens (tertiary/aromatic N) is 1. The number of hydrogen-bond donors (Lipinski definition) is 2. The Balaban J connectivity index is 0.00000242. The first-order valence-corrected chi connectivity index (χ1v) is 7.05. The molecule has 0 radical (unpaired) electrons. The average Bonchev–Trinajstić information content (AvgIpc) is 2.49. The number of methoxy groups -OCH3 is 1. The highest BCUT2D eigenvalue weighted by Gasteiger charge is 2.08. The Bertz CT molecular complexity index is 564. The van der Waals surface area contributed by atoms with Crippen molar-refractivity contribution in [3.63, 3.8) is 0 Å². The minimum absolute atomic E-state index is 0. The molecule has 0 aliphatic heterocycles. The Morgan fingerprint density at radius 3 is 2.32 bits per heavy atom. The molecule has 3 N–H and O–H groups in total. The number of ether oxygens (including phenoxy) is 1. The van der Waals surface area contributed by atoms with Crippen LogP contribution in [0.25, 0.3) is 0 Å². The summed E-state index contributed by atoms with van der Waals surface area (Å²) in [4.78, 5) is 2.26. The number of halogens is 1. The van der Waals surface area contributed by atoms with Crippen LogP contribution < -0.4 is 10.5 Å². The third-order valence-electron chi connectivity index (χ3n) is 3.34. The van der Waals surface area contributed by atoms with Crippen molar-refractivity contribution in [2.45, 2.75) is 13.1 Å². The van der Waals surface area contributed by atoms with Crippen molar-refractivity contribution in [1.29, 1.82) is 0 Å². The Morgan fingerprint density at radius 1 is 1.05 bits per heavy atom. The predicted molar refractivity (Wildman–Crippen MR) is 91.5 cm³/mol. The molecule has 5 heteroatoms. The van der Waals surface area contributed by atoms with Gasteiger partial charge in [0.1, 0.15) is 0 Å². The molecule has 0 unspecified atom stereocenters. The summed E-state index contributed by atoms with van der Waals surface area (Å²) >= 11 is 0. The lowest BCUT2D eigenvalue weighted by Crippen LogP contribution is -2.28. The van der Waals surface area contributed by atoms with Gasteiger partial charge in [-0.2, -0.15) is 0 Å². The molecule has 0 heterocycles. The molecule has 0 aromatic heterocycles. The van der Waals surface area contributed by atoms with Crippen molar-refractivity contribution in [2.75, 3.05) is 20.2 Å². The number of nitrogens with two attached hydrogens (primary N) is 1. The topological polar surface area (TPSA) is 58.7 Å². The van der Waals surface area contributed by atoms with Crippen LogP contribution in [0.15, 0.2) is 48.5 Å². The van der Waals surface area contributed by atoms with Crippen molar-refractivity contribution >= 4 is 12.4 Å². The second-order valence-electron chi connectivity index (χ2n) is 4.99. The van der Waals surface area contributed by atoms with Crippen LogP contribution in [0.1, 0.15) is 11.1 Å². The van der Waals surface area contributed by atoms with E-state index in [1.54, 1.807) is 19.2 Å². The van der Waals surface area contributed by atoms with Gasteiger partial charge in [0.25, 0.3) is 0 Å². The largest absolute Gasteiger partial charge is 0.504 e. The van der Waals surface area contributed by atoms with Gasteiger partial charge in [-0.25, -0.2) is 0 Å². The zero-order valence-electron chi connectivity index (χ0n) is 12.7. The molecule has 120 valence electrons. The summed E-state index contributed by atoms with van der Waals surface area (Å²) in [5.74, 6) is 0.662. The lowest BCUT2D eigenvalue weighted by molar-refractivity contribution is 0.263. The van der Waals surface area contributed by atoms with Gasteiger partial charge in [0.15, 0.2) is 11.5 Å². The molecule has 0 bridgehead atoms. The summed E-state index contributed by atoms with van der Waals surface area (Å²) in [6.45, 7) is 2.99. The van der Waals surface area contributed by atoms with Crippen LogP contribution in [0.4, 0.5) is 0 Å². The molecule has 0 amide bonds. The van der Waals surface area contributed by atoms with Crippen LogP contribution in [-0.4, -0.2) is 30.2 Å². The van der Waals surface area contributed by atoms with Crippen molar-refractivity contribution in [2.24, 2.45) is 5.73 Å². The molecule has 2 aromatic carbocycles. The third kappa shape index (κ3) is 5.22. The minimum Gasteiger partial charge on any atom is -0.504 e. The predicted octanol–water partition coefficient (Wildman–Crippen LogP) is 2.78. The first-order valence-electron chi connectivity index (χ1n) is 7.05. The van der Waals surface area contributed by atoms with E-state index in [1.165, 1.54) is 5.56 Å². The summed E-state index contributed by atoms with van der Waals surface area (Å²) in [6, 6.07) is 15.8. The van der Waals surface area contributed by atoms with E-state index >= 15 is 0 Å². The molecular formula is C17H23ClN2O2. The fourth-order valence-corrected chi connectivity index (χ4v) is 2.33. The monoisotopic (exact) mass is 322 g/mol. The number of phenolic OH excluding ortho intramolecular Hbond substituents is 1. The van der Waals surface area contributed by atoms with Crippen LogP contribution in [0.2, 0.25) is 0 Å². The molecule has 0 spiro atoms. The first kappa shape index (κ1) is 18.3. The molecule has 0 saturated carbocycles. The lowest BCUT2D eigenvalue weighted by atomic mass is 10.1. The molecule has 0 fully saturated rings. The van der Waals surface area contributed by atoms with Crippen LogP contribution in [0, 0.1) is 0 Å². The standard InChI is InChI=1S/C17H22N2O2.ClH/c1-21-17-8-7-15(11-16(17)20)13-19(10-9-18)12-14-5-3-2-4-6-14;/h2-8,11,20H,9-10,12-13,18H2,1H3;1H. The van der Waals surface area contributed by atoms with Gasteiger partial charge in [0, 0.05) is 26.2 Å². The SMILES string of the molecule is COc1ccc(CN(CCN)Cc2ccccc2)cc1O.Cl. The lowest BCUT2D eigenvalue weighted by Gasteiger charge is -2.22. The molecule has 0 atom stereocenters. The Labute approximate surface area is 137 Å². The summed E-state index contributed by atoms with van der Waals surface area (Å²) in [5.41, 5.74) is 7.99. The summed E-state index contributed by atoms with van der Waals surface area (Å²) in [7, 11) is 1.55. The highest BCUT2D eigenvalue weighted by atomic mass is 35.5. The summed E-state index contributed by atoms with van der Waals surface area (Å²) in [5, 5.41) is 9.86. The smallest absolute Gasteiger partial charge is 0.160 e. The molecule has 4 nitrogen and oxygen atoms in total. The van der Waals surface area contributed by atoms with E-state index in [1.807, 2.05) is 24.3 Å². The minimum atomic E-state index is 0. The van der Waals surface area contributed by atoms with E-state index in [0.717, 1.165) is 25.2 Å². The van der Waals surface area contributed by atoms with Gasteiger partial charge in [-0.3, -0.25) is 4.90 Å². The Kier molecular flexibility index (Phi) is 7.74. The van der Waals surface area contributed by atoms with Gasteiger partial charge in [-0.1, -0.05) is 36.4 Å². The van der Waals surface area contributed by atoms with Gasteiger partial charge >= 0.3 is 0 Å². The number of hydrogen-bond acceptors (Lipinski definition) is 4. The van der Waals surface area contributed by atoms with Crippen molar-refractivity contribution in [3.8, 4) is 11.5 Å². The number of phenols is 1. The van der Waals surface area contributed by atoms with Crippen LogP contribution >= 0.6 is 12.4 Å². The van der Waals surface area contributed by atoms with Gasteiger partial charge in [-0.15, -0.1) is 12.4 Å². The summed E-state index contributed by atoms with van der Waals surface area (Å²) < 4.78 is 5.06. The van der Waals surface area contributed by atoms with E-state index in [9.17, 15) is 5.11 Å². The summed E-state index contributed by atoms with van der Waals surface area (Å²) in [6.07, 6.45) is 0. The van der Waals surface area contributed by atoms with Crippen molar-refractivity contribution in [3.05, 3.63) is 59.7 Å². The number of rotatable bonds is 7. The first-order chi connectivity index (χ1) is 10.2. The molecule has 0 aliphatic rings. The molecule has 0 aliphatic carbocycles. The van der Waals surface area contributed by atoms with Gasteiger partial charge in [0.05, 0.1) is 7.11 Å². The quantitative estimate of drug-likeness (QED) is 0.823. The molecular weight excluding hydrogens is 300 g/mol. The normalized spacial score (nSPS) is 10.3. The average molecular weight is 323 g/mol.